The van der Waals surface area contributed by atoms with Gasteiger partial charge in [-0.25, -0.2) is 0 Å². The van der Waals surface area contributed by atoms with Crippen molar-refractivity contribution in [3.8, 4) is 5.75 Å². The normalized spacial score (nSPS) is 10.2. The van der Waals surface area contributed by atoms with Crippen molar-refractivity contribution in [1.29, 1.82) is 0 Å². The number of hydrogen-bond donors (Lipinski definition) is 2. The minimum atomic E-state index is -0.250. The number of carbonyl (C=O) groups excluding carboxylic acids is 1. The number of halogens is 1. The standard InChI is InChI=1S/C15H15BrN2O2/c1-9-3-6-14(20-2)11(7-9)15(19)18-13-5-4-10(16)8-12(13)17/h3-8H,17H2,1-2H3,(H,18,19). The first-order chi connectivity index (χ1) is 9.51. The Kier molecular flexibility index (Phi) is 4.29. The molecule has 5 heteroatoms. The van der Waals surface area contributed by atoms with Crippen LogP contribution in [0.1, 0.15) is 15.9 Å². The fraction of sp³-hybridized carbons (Fsp3) is 0.133. The van der Waals surface area contributed by atoms with Gasteiger partial charge in [0.05, 0.1) is 24.0 Å². The van der Waals surface area contributed by atoms with Gasteiger partial charge in [0.15, 0.2) is 0 Å². The first-order valence-electron chi connectivity index (χ1n) is 6.02. The molecule has 0 aliphatic heterocycles. The number of nitrogens with two attached hydrogens (primary N) is 1. The highest BCUT2D eigenvalue weighted by molar-refractivity contribution is 9.10. The van der Waals surface area contributed by atoms with Crippen LogP contribution in [0.4, 0.5) is 11.4 Å². The molecule has 0 radical (unpaired) electrons. The Morgan fingerprint density at radius 1 is 1.25 bits per heavy atom. The molecule has 4 nitrogen and oxygen atoms in total. The maximum Gasteiger partial charge on any atom is 0.259 e. The van der Waals surface area contributed by atoms with Gasteiger partial charge in [-0.05, 0) is 37.3 Å². The highest BCUT2D eigenvalue weighted by atomic mass is 79.9. The molecule has 0 spiro atoms. The zero-order valence-corrected chi connectivity index (χ0v) is 12.8. The van der Waals surface area contributed by atoms with Gasteiger partial charge in [0.2, 0.25) is 0 Å². The summed E-state index contributed by atoms with van der Waals surface area (Å²) in [4.78, 5) is 12.3. The van der Waals surface area contributed by atoms with E-state index in [4.69, 9.17) is 10.5 Å². The van der Waals surface area contributed by atoms with E-state index in [-0.39, 0.29) is 5.91 Å². The van der Waals surface area contributed by atoms with E-state index in [1.807, 2.05) is 19.1 Å². The number of anilines is 2. The van der Waals surface area contributed by atoms with Crippen LogP contribution in [0.2, 0.25) is 0 Å². The summed E-state index contributed by atoms with van der Waals surface area (Å²) >= 11 is 3.33. The van der Waals surface area contributed by atoms with Crippen LogP contribution >= 0.6 is 15.9 Å². The third kappa shape index (κ3) is 3.11. The molecule has 104 valence electrons. The summed E-state index contributed by atoms with van der Waals surface area (Å²) in [7, 11) is 1.54. The first kappa shape index (κ1) is 14.4. The molecule has 0 aliphatic rings. The van der Waals surface area contributed by atoms with Crippen molar-refractivity contribution in [2.45, 2.75) is 6.92 Å². The third-order valence-electron chi connectivity index (χ3n) is 2.86. The molecular formula is C15H15BrN2O2. The number of benzene rings is 2. The Balaban J connectivity index is 2.30. The lowest BCUT2D eigenvalue weighted by molar-refractivity contribution is 0.102. The Hall–Kier alpha value is -2.01. The van der Waals surface area contributed by atoms with Crippen LogP contribution in [0.5, 0.6) is 5.75 Å². The zero-order chi connectivity index (χ0) is 14.7. The smallest absolute Gasteiger partial charge is 0.259 e. The van der Waals surface area contributed by atoms with Crippen LogP contribution in [0.25, 0.3) is 0 Å². The molecular weight excluding hydrogens is 320 g/mol. The Labute approximate surface area is 126 Å². The number of carbonyl (C=O) groups is 1. The van der Waals surface area contributed by atoms with E-state index in [2.05, 4.69) is 21.2 Å². The summed E-state index contributed by atoms with van der Waals surface area (Å²) in [5.74, 6) is 0.281. The van der Waals surface area contributed by atoms with E-state index >= 15 is 0 Å². The zero-order valence-electron chi connectivity index (χ0n) is 11.2. The van der Waals surface area contributed by atoms with Crippen molar-refractivity contribution in [2.24, 2.45) is 0 Å². The average Bonchev–Trinajstić information content (AvgIpc) is 2.41. The van der Waals surface area contributed by atoms with Crippen LogP contribution in [0, 0.1) is 6.92 Å². The van der Waals surface area contributed by atoms with E-state index in [1.165, 1.54) is 7.11 Å². The average molecular weight is 335 g/mol. The molecule has 20 heavy (non-hydrogen) atoms. The number of hydrogen-bond acceptors (Lipinski definition) is 3. The van der Waals surface area contributed by atoms with Gasteiger partial charge in [0, 0.05) is 4.47 Å². The highest BCUT2D eigenvalue weighted by Gasteiger charge is 2.13. The van der Waals surface area contributed by atoms with Gasteiger partial charge in [-0.2, -0.15) is 0 Å². The van der Waals surface area contributed by atoms with Crippen LogP contribution in [-0.2, 0) is 0 Å². The van der Waals surface area contributed by atoms with E-state index in [0.717, 1.165) is 10.0 Å². The number of aryl methyl sites for hydroxylation is 1. The number of nitrogens with one attached hydrogen (secondary N) is 1. The molecule has 0 saturated heterocycles. The number of amides is 1. The Bertz CT molecular complexity index is 656. The Morgan fingerprint density at radius 2 is 2.00 bits per heavy atom. The molecule has 0 atom stereocenters. The summed E-state index contributed by atoms with van der Waals surface area (Å²) < 4.78 is 6.07. The van der Waals surface area contributed by atoms with Gasteiger partial charge in [-0.15, -0.1) is 0 Å². The molecule has 2 aromatic carbocycles. The highest BCUT2D eigenvalue weighted by Crippen LogP contribution is 2.25. The molecule has 0 bridgehead atoms. The molecule has 0 aromatic heterocycles. The molecule has 0 aliphatic carbocycles. The third-order valence-corrected chi connectivity index (χ3v) is 3.35. The van der Waals surface area contributed by atoms with E-state index in [9.17, 15) is 4.79 Å². The van der Waals surface area contributed by atoms with E-state index in [0.29, 0.717) is 22.7 Å². The molecule has 3 N–H and O–H groups in total. The van der Waals surface area contributed by atoms with Crippen molar-refractivity contribution in [3.63, 3.8) is 0 Å². The lowest BCUT2D eigenvalue weighted by atomic mass is 10.1. The van der Waals surface area contributed by atoms with Crippen LogP contribution in [0.3, 0.4) is 0 Å². The number of nitrogen functional groups attached to an aromatic ring is 1. The van der Waals surface area contributed by atoms with Gasteiger partial charge >= 0.3 is 0 Å². The van der Waals surface area contributed by atoms with Crippen molar-refractivity contribution in [3.05, 3.63) is 52.0 Å². The summed E-state index contributed by atoms with van der Waals surface area (Å²) in [6.45, 7) is 1.92. The van der Waals surface area contributed by atoms with Crippen molar-refractivity contribution >= 4 is 33.2 Å². The van der Waals surface area contributed by atoms with Gasteiger partial charge in [-0.3, -0.25) is 4.79 Å². The lowest BCUT2D eigenvalue weighted by Gasteiger charge is -2.11. The second-order valence-electron chi connectivity index (χ2n) is 4.39. The van der Waals surface area contributed by atoms with E-state index in [1.54, 1.807) is 24.3 Å². The number of methoxy groups -OCH3 is 1. The topological polar surface area (TPSA) is 64.3 Å². The minimum Gasteiger partial charge on any atom is -0.496 e. The van der Waals surface area contributed by atoms with Crippen LogP contribution in [-0.4, -0.2) is 13.0 Å². The quantitative estimate of drug-likeness (QED) is 0.843. The largest absolute Gasteiger partial charge is 0.496 e. The summed E-state index contributed by atoms with van der Waals surface area (Å²) in [6, 6.07) is 10.8. The summed E-state index contributed by atoms with van der Waals surface area (Å²) in [6.07, 6.45) is 0. The van der Waals surface area contributed by atoms with Crippen molar-refractivity contribution in [1.82, 2.24) is 0 Å². The van der Waals surface area contributed by atoms with E-state index < -0.39 is 0 Å². The van der Waals surface area contributed by atoms with Gasteiger partial charge in [0.25, 0.3) is 5.91 Å². The predicted molar refractivity (Wildman–Crippen MR) is 84.2 cm³/mol. The molecule has 2 aromatic rings. The predicted octanol–water partition coefficient (Wildman–Crippen LogP) is 3.60. The second kappa shape index (κ2) is 5.96. The van der Waals surface area contributed by atoms with Crippen LogP contribution < -0.4 is 15.8 Å². The van der Waals surface area contributed by atoms with Crippen LogP contribution in [0.15, 0.2) is 40.9 Å². The molecule has 0 heterocycles. The minimum absolute atomic E-state index is 0.250. The van der Waals surface area contributed by atoms with Gasteiger partial charge in [-0.1, -0.05) is 27.6 Å². The fourth-order valence-electron chi connectivity index (χ4n) is 1.84. The molecule has 2 rings (SSSR count). The maximum atomic E-state index is 12.3. The molecule has 0 fully saturated rings. The fourth-order valence-corrected chi connectivity index (χ4v) is 2.22. The summed E-state index contributed by atoms with van der Waals surface area (Å²) in [5.41, 5.74) is 8.41. The molecule has 0 saturated carbocycles. The number of ether oxygens (including phenoxy) is 1. The summed E-state index contributed by atoms with van der Waals surface area (Å²) in [5, 5.41) is 2.79. The molecule has 1 amide bonds. The second-order valence-corrected chi connectivity index (χ2v) is 5.31. The van der Waals surface area contributed by atoms with Gasteiger partial charge in [0.1, 0.15) is 5.75 Å². The van der Waals surface area contributed by atoms with Crippen molar-refractivity contribution < 1.29 is 9.53 Å². The molecule has 0 unspecified atom stereocenters. The Morgan fingerprint density at radius 3 is 2.65 bits per heavy atom. The lowest BCUT2D eigenvalue weighted by Crippen LogP contribution is -2.14. The van der Waals surface area contributed by atoms with Gasteiger partial charge < -0.3 is 15.8 Å². The van der Waals surface area contributed by atoms with Crippen molar-refractivity contribution in [2.75, 3.05) is 18.2 Å². The number of rotatable bonds is 3. The first-order valence-corrected chi connectivity index (χ1v) is 6.81. The monoisotopic (exact) mass is 334 g/mol. The maximum absolute atomic E-state index is 12.3. The SMILES string of the molecule is COc1ccc(C)cc1C(=O)Nc1ccc(Br)cc1N.